The maximum absolute atomic E-state index is 11.1. The summed E-state index contributed by atoms with van der Waals surface area (Å²) in [4.78, 5) is 1.07. The van der Waals surface area contributed by atoms with E-state index in [0.29, 0.717) is 6.42 Å². The maximum atomic E-state index is 11.1. The second-order valence-electron chi connectivity index (χ2n) is 5.37. The van der Waals surface area contributed by atoms with Gasteiger partial charge in [0.1, 0.15) is 3.82 Å². The molecule has 25 heavy (non-hydrogen) atoms. The van der Waals surface area contributed by atoms with Gasteiger partial charge in [0.25, 0.3) is 10.1 Å². The molecular formula is C17H14NaO3S4+. The summed E-state index contributed by atoms with van der Waals surface area (Å²) in [5, 5.41) is 0. The van der Waals surface area contributed by atoms with Crippen molar-refractivity contribution in [2.24, 2.45) is 0 Å². The number of hydrogen-bond donors (Lipinski definition) is 1. The molecule has 0 aliphatic carbocycles. The predicted molar refractivity (Wildman–Crippen MR) is 102 cm³/mol. The van der Waals surface area contributed by atoms with E-state index in [4.69, 9.17) is 16.8 Å². The SMILES string of the molecule is Cc1ccccc1-c1ssc(=S)c1Cc1ccc(S(=O)(=O)O)cc1.[Na+]. The Balaban J connectivity index is 0.00000225. The van der Waals surface area contributed by atoms with Gasteiger partial charge in [-0.25, -0.2) is 0 Å². The molecule has 1 N–H and O–H groups in total. The van der Waals surface area contributed by atoms with Crippen molar-refractivity contribution < 1.29 is 42.5 Å². The van der Waals surface area contributed by atoms with Gasteiger partial charge in [-0.05, 0) is 35.7 Å². The summed E-state index contributed by atoms with van der Waals surface area (Å²) in [5.41, 5.74) is 4.42. The van der Waals surface area contributed by atoms with Crippen LogP contribution in [-0.2, 0) is 16.5 Å². The zero-order chi connectivity index (χ0) is 17.3. The van der Waals surface area contributed by atoms with E-state index in [2.05, 4.69) is 19.1 Å². The van der Waals surface area contributed by atoms with Crippen LogP contribution in [0.25, 0.3) is 10.4 Å². The van der Waals surface area contributed by atoms with Crippen LogP contribution in [0.1, 0.15) is 16.7 Å². The fourth-order valence-electron chi connectivity index (χ4n) is 2.44. The molecule has 1 heterocycles. The molecule has 0 amide bonds. The Kier molecular flexibility index (Phi) is 7.15. The topological polar surface area (TPSA) is 54.4 Å². The van der Waals surface area contributed by atoms with Crippen molar-refractivity contribution in [3.63, 3.8) is 0 Å². The Hall–Kier alpha value is -0.380. The van der Waals surface area contributed by atoms with Gasteiger partial charge in [0.2, 0.25) is 0 Å². The Morgan fingerprint density at radius 1 is 1.04 bits per heavy atom. The van der Waals surface area contributed by atoms with Gasteiger partial charge in [0.05, 0.1) is 9.77 Å². The molecule has 0 atom stereocenters. The Morgan fingerprint density at radius 3 is 2.28 bits per heavy atom. The molecule has 0 bridgehead atoms. The first-order valence-electron chi connectivity index (χ1n) is 7.10. The third kappa shape index (κ3) is 4.87. The summed E-state index contributed by atoms with van der Waals surface area (Å²) < 4.78 is 32.2. The van der Waals surface area contributed by atoms with Gasteiger partial charge in [0.15, 0.2) is 0 Å². The largest absolute Gasteiger partial charge is 1.00 e. The van der Waals surface area contributed by atoms with E-state index in [1.807, 2.05) is 12.1 Å². The summed E-state index contributed by atoms with van der Waals surface area (Å²) in [7, 11) is -0.909. The van der Waals surface area contributed by atoms with E-state index in [1.54, 1.807) is 32.8 Å². The van der Waals surface area contributed by atoms with Gasteiger partial charge in [0, 0.05) is 12.0 Å². The van der Waals surface area contributed by atoms with Gasteiger partial charge < -0.3 is 0 Å². The summed E-state index contributed by atoms with van der Waals surface area (Å²) in [6.45, 7) is 2.08. The summed E-state index contributed by atoms with van der Waals surface area (Å²) in [6, 6.07) is 14.4. The minimum Gasteiger partial charge on any atom is -0.282 e. The van der Waals surface area contributed by atoms with Crippen LogP contribution < -0.4 is 29.6 Å². The minimum atomic E-state index is -4.16. The molecule has 0 aliphatic rings. The quantitative estimate of drug-likeness (QED) is 0.306. The van der Waals surface area contributed by atoms with Crippen molar-refractivity contribution in [2.75, 3.05) is 0 Å². The van der Waals surface area contributed by atoms with Crippen molar-refractivity contribution in [3.05, 3.63) is 69.0 Å². The molecule has 1 aromatic heterocycles. The smallest absolute Gasteiger partial charge is 0.282 e. The van der Waals surface area contributed by atoms with Crippen LogP contribution in [0, 0.1) is 10.7 Å². The fraction of sp³-hybridized carbons (Fsp3) is 0.118. The molecule has 2 aromatic carbocycles. The zero-order valence-electron chi connectivity index (χ0n) is 13.7. The maximum Gasteiger partial charge on any atom is 1.00 e. The van der Waals surface area contributed by atoms with Crippen molar-refractivity contribution >= 4 is 43.0 Å². The zero-order valence-corrected chi connectivity index (χ0v) is 19.0. The molecule has 3 aromatic rings. The third-order valence-electron chi connectivity index (χ3n) is 3.71. The van der Waals surface area contributed by atoms with E-state index in [1.165, 1.54) is 28.1 Å². The van der Waals surface area contributed by atoms with E-state index in [-0.39, 0.29) is 34.5 Å². The molecule has 0 saturated heterocycles. The number of rotatable bonds is 4. The molecule has 3 rings (SSSR count). The van der Waals surface area contributed by atoms with Crippen LogP contribution >= 0.6 is 32.9 Å². The molecule has 0 unspecified atom stereocenters. The normalized spacial score (nSPS) is 11.1. The first-order valence-corrected chi connectivity index (χ1v) is 11.1. The van der Waals surface area contributed by atoms with E-state index in [9.17, 15) is 8.42 Å². The summed E-state index contributed by atoms with van der Waals surface area (Å²) >= 11 is 5.49. The predicted octanol–water partition coefficient (Wildman–Crippen LogP) is 2.36. The summed E-state index contributed by atoms with van der Waals surface area (Å²) in [6.07, 6.45) is 0.633. The van der Waals surface area contributed by atoms with Crippen molar-refractivity contribution in [1.82, 2.24) is 0 Å². The van der Waals surface area contributed by atoms with Crippen molar-refractivity contribution in [3.8, 4) is 10.4 Å². The molecule has 0 radical (unpaired) electrons. The van der Waals surface area contributed by atoms with Crippen molar-refractivity contribution in [2.45, 2.75) is 18.2 Å². The number of benzene rings is 2. The average Bonchev–Trinajstić information content (AvgIpc) is 2.89. The summed E-state index contributed by atoms with van der Waals surface area (Å²) in [5.74, 6) is 0. The number of hydrogen-bond acceptors (Lipinski definition) is 5. The Bertz CT molecular complexity index is 1030. The minimum absolute atomic E-state index is 0. The second kappa shape index (κ2) is 8.54. The van der Waals surface area contributed by atoms with Crippen LogP contribution in [0.3, 0.4) is 0 Å². The van der Waals surface area contributed by atoms with Crippen LogP contribution in [-0.4, -0.2) is 13.0 Å². The Morgan fingerprint density at radius 2 is 1.68 bits per heavy atom. The first-order chi connectivity index (χ1) is 11.4. The number of aryl methyl sites for hydroxylation is 1. The van der Waals surface area contributed by atoms with Crippen LogP contribution in [0.15, 0.2) is 53.4 Å². The average molecular weight is 418 g/mol. The molecule has 3 nitrogen and oxygen atoms in total. The van der Waals surface area contributed by atoms with E-state index < -0.39 is 10.1 Å². The monoisotopic (exact) mass is 417 g/mol. The molecule has 0 saturated carbocycles. The van der Waals surface area contributed by atoms with Gasteiger partial charge >= 0.3 is 29.6 Å². The molecule has 8 heteroatoms. The van der Waals surface area contributed by atoms with Crippen LogP contribution in [0.5, 0.6) is 0 Å². The fourth-order valence-corrected chi connectivity index (χ4v) is 5.91. The standard InChI is InChI=1S/C17H14O3S4.Na/c1-11-4-2-3-5-14(11)16-15(17(21)23-22-16)10-12-6-8-13(9-7-12)24(18,19)20;/h2-9H,10H2,1H3,(H,18,19,20);/q;+1. The second-order valence-corrected chi connectivity index (χ2v) is 9.61. The van der Waals surface area contributed by atoms with Crippen LogP contribution in [0.4, 0.5) is 0 Å². The molecular weight excluding hydrogens is 403 g/mol. The molecule has 124 valence electrons. The van der Waals surface area contributed by atoms with Crippen molar-refractivity contribution in [1.29, 1.82) is 0 Å². The molecule has 0 spiro atoms. The van der Waals surface area contributed by atoms with Gasteiger partial charge in [-0.2, -0.15) is 8.42 Å². The third-order valence-corrected chi connectivity index (χ3v) is 7.76. The Labute approximate surface area is 181 Å². The first kappa shape index (κ1) is 20.9. The van der Waals surface area contributed by atoms with Gasteiger partial charge in [-0.3, -0.25) is 4.55 Å². The van der Waals surface area contributed by atoms with Crippen LogP contribution in [0.2, 0.25) is 0 Å². The van der Waals surface area contributed by atoms with Gasteiger partial charge in [-0.15, -0.1) is 0 Å². The molecule has 0 aliphatic heterocycles. The van der Waals surface area contributed by atoms with Gasteiger partial charge in [-0.1, -0.05) is 69.3 Å². The van der Waals surface area contributed by atoms with E-state index in [0.717, 1.165) is 15.0 Å². The van der Waals surface area contributed by atoms with E-state index >= 15 is 0 Å². The molecule has 0 fully saturated rings.